The third-order valence-corrected chi connectivity index (χ3v) is 4.48. The SMILES string of the molecule is NC(=O)C1(Cc2ccccc2C(F)(F)F)C(=O)ON2OC(=O)CC1(O)C(=O)O2. The Balaban J connectivity index is 2.24. The number of rotatable bonds is 3. The van der Waals surface area contributed by atoms with Gasteiger partial charge < -0.3 is 15.7 Å². The normalized spacial score (nSPS) is 30.0. The van der Waals surface area contributed by atoms with Crippen molar-refractivity contribution in [3.63, 3.8) is 0 Å². The molecule has 1 amide bonds. The van der Waals surface area contributed by atoms with E-state index in [1.54, 1.807) is 0 Å². The first-order chi connectivity index (χ1) is 12.9. The second-order valence-electron chi connectivity index (χ2n) is 6.08. The molecule has 0 radical (unpaired) electrons. The van der Waals surface area contributed by atoms with Gasteiger partial charge in [-0.1, -0.05) is 18.2 Å². The van der Waals surface area contributed by atoms with Crippen LogP contribution in [0.1, 0.15) is 17.5 Å². The van der Waals surface area contributed by atoms with Crippen molar-refractivity contribution in [3.8, 4) is 0 Å². The van der Waals surface area contributed by atoms with E-state index < -0.39 is 65.0 Å². The zero-order valence-electron chi connectivity index (χ0n) is 13.7. The molecule has 3 N–H and O–H groups in total. The van der Waals surface area contributed by atoms with Crippen LogP contribution in [0.3, 0.4) is 0 Å². The summed E-state index contributed by atoms with van der Waals surface area (Å²) in [5.41, 5.74) is -3.06. The Bertz CT molecular complexity index is 888. The van der Waals surface area contributed by atoms with Crippen LogP contribution >= 0.6 is 0 Å². The van der Waals surface area contributed by atoms with E-state index in [-0.39, 0.29) is 5.39 Å². The minimum Gasteiger partial charge on any atom is -0.376 e. The predicted molar refractivity (Wildman–Crippen MR) is 76.5 cm³/mol. The lowest BCUT2D eigenvalue weighted by molar-refractivity contribution is -0.460. The first kappa shape index (κ1) is 19.6. The van der Waals surface area contributed by atoms with Gasteiger partial charge in [-0.15, -0.1) is 0 Å². The molecule has 150 valence electrons. The molecule has 10 nitrogen and oxygen atoms in total. The van der Waals surface area contributed by atoms with Crippen LogP contribution < -0.4 is 5.73 Å². The van der Waals surface area contributed by atoms with Crippen LogP contribution in [0.5, 0.6) is 0 Å². The highest BCUT2D eigenvalue weighted by Crippen LogP contribution is 2.46. The number of hydrogen-bond acceptors (Lipinski definition) is 9. The number of alkyl halides is 3. The van der Waals surface area contributed by atoms with Gasteiger partial charge in [0.25, 0.3) is 0 Å². The summed E-state index contributed by atoms with van der Waals surface area (Å²) in [5.74, 6) is -6.55. The van der Waals surface area contributed by atoms with Crippen molar-refractivity contribution < 1.29 is 52.0 Å². The van der Waals surface area contributed by atoms with Gasteiger partial charge >= 0.3 is 24.1 Å². The van der Waals surface area contributed by atoms with Crippen LogP contribution in [0.25, 0.3) is 0 Å². The van der Waals surface area contributed by atoms with Crippen LogP contribution in [0.2, 0.25) is 0 Å². The molecule has 0 aromatic heterocycles. The summed E-state index contributed by atoms with van der Waals surface area (Å²) < 4.78 is 40.0. The van der Waals surface area contributed by atoms with Gasteiger partial charge in [0.2, 0.25) is 11.3 Å². The maximum atomic E-state index is 13.3. The monoisotopic (exact) mass is 404 g/mol. The minimum atomic E-state index is -4.90. The van der Waals surface area contributed by atoms with E-state index >= 15 is 0 Å². The van der Waals surface area contributed by atoms with Crippen LogP contribution in [-0.4, -0.2) is 39.9 Å². The molecule has 3 atom stereocenters. The average Bonchev–Trinajstić information content (AvgIpc) is 2.71. The topological polar surface area (TPSA) is 145 Å². The Morgan fingerprint density at radius 2 is 1.75 bits per heavy atom. The molecule has 0 aliphatic carbocycles. The molecule has 2 fully saturated rings. The van der Waals surface area contributed by atoms with E-state index in [9.17, 15) is 37.5 Å². The van der Waals surface area contributed by atoms with Crippen LogP contribution in [0, 0.1) is 5.41 Å². The van der Waals surface area contributed by atoms with Gasteiger partial charge in [0.05, 0.1) is 12.0 Å². The van der Waals surface area contributed by atoms with Crippen molar-refractivity contribution >= 4 is 23.8 Å². The highest BCUT2D eigenvalue weighted by Gasteiger charge is 2.71. The lowest BCUT2D eigenvalue weighted by Gasteiger charge is -2.37. The molecule has 1 aromatic carbocycles. The number of amides is 1. The number of primary amides is 1. The number of carbonyl (C=O) groups is 4. The quantitative estimate of drug-likeness (QED) is 0.639. The van der Waals surface area contributed by atoms with Gasteiger partial charge in [-0.05, 0) is 11.6 Å². The summed E-state index contributed by atoms with van der Waals surface area (Å²) in [6.07, 6.45) is -7.40. The van der Waals surface area contributed by atoms with Crippen molar-refractivity contribution in [1.82, 2.24) is 5.39 Å². The van der Waals surface area contributed by atoms with Crippen molar-refractivity contribution in [2.24, 2.45) is 11.1 Å². The summed E-state index contributed by atoms with van der Waals surface area (Å²) in [4.78, 5) is 62.0. The van der Waals surface area contributed by atoms with Gasteiger partial charge in [0.15, 0.2) is 11.0 Å². The molecule has 0 saturated carbocycles. The van der Waals surface area contributed by atoms with Gasteiger partial charge in [0, 0.05) is 6.42 Å². The Kier molecular flexibility index (Phi) is 4.31. The smallest absolute Gasteiger partial charge is 0.376 e. The fourth-order valence-corrected chi connectivity index (χ4v) is 3.08. The van der Waals surface area contributed by atoms with Gasteiger partial charge in [0.1, 0.15) is 0 Å². The summed E-state index contributed by atoms with van der Waals surface area (Å²) in [5, 5.41) is 10.5. The van der Waals surface area contributed by atoms with E-state index in [1.807, 2.05) is 0 Å². The molecule has 2 bridgehead atoms. The molecular formula is C15H11F3N2O8. The molecular weight excluding hydrogens is 393 g/mol. The molecule has 13 heteroatoms. The molecule has 0 spiro atoms. The van der Waals surface area contributed by atoms with E-state index in [2.05, 4.69) is 14.5 Å². The molecule has 2 aliphatic heterocycles. The third kappa shape index (κ3) is 2.75. The van der Waals surface area contributed by atoms with E-state index in [1.165, 1.54) is 6.07 Å². The Labute approximate surface area is 153 Å². The standard InChI is InChI=1S/C15H11F3N2O8/c16-15(17,18)8-4-2-1-3-7(8)5-13(10(19)22)11(23)27-20-26-9(21)6-14(13,25)12(24)28-20/h1-4,25H,5-6H2,(H2,19,22). The number of benzene rings is 1. The highest BCUT2D eigenvalue weighted by atomic mass is 19.4. The van der Waals surface area contributed by atoms with Crippen LogP contribution in [-0.2, 0) is 46.3 Å². The molecule has 3 rings (SSSR count). The molecule has 2 aliphatic rings. The van der Waals surface area contributed by atoms with Gasteiger partial charge in [-0.2, -0.15) is 13.2 Å². The first-order valence-electron chi connectivity index (χ1n) is 7.55. The fourth-order valence-electron chi connectivity index (χ4n) is 3.08. The minimum absolute atomic E-state index is 0.342. The predicted octanol–water partition coefficient (Wildman–Crippen LogP) is -0.455. The average molecular weight is 404 g/mol. The first-order valence-corrected chi connectivity index (χ1v) is 7.55. The Morgan fingerprint density at radius 3 is 2.36 bits per heavy atom. The molecule has 2 saturated heterocycles. The third-order valence-electron chi connectivity index (χ3n) is 4.48. The second kappa shape index (κ2) is 6.17. The van der Waals surface area contributed by atoms with Crippen molar-refractivity contribution in [1.29, 1.82) is 0 Å². The number of fused-ring (bicyclic) bond motifs is 3. The highest BCUT2D eigenvalue weighted by molar-refractivity contribution is 6.10. The Morgan fingerprint density at radius 1 is 1.14 bits per heavy atom. The van der Waals surface area contributed by atoms with Gasteiger partial charge in [-0.3, -0.25) is 14.5 Å². The van der Waals surface area contributed by atoms with Crippen molar-refractivity contribution in [2.75, 3.05) is 0 Å². The van der Waals surface area contributed by atoms with Gasteiger partial charge in [-0.25, -0.2) is 14.4 Å². The molecule has 28 heavy (non-hydrogen) atoms. The summed E-state index contributed by atoms with van der Waals surface area (Å²) in [6, 6.07) is 3.80. The summed E-state index contributed by atoms with van der Waals surface area (Å²) in [6.45, 7) is 0. The lowest BCUT2D eigenvalue weighted by Crippen LogP contribution is -2.65. The number of nitrogens with zero attached hydrogens (tertiary/aromatic N) is 1. The maximum absolute atomic E-state index is 13.3. The lowest BCUT2D eigenvalue weighted by atomic mass is 9.65. The van der Waals surface area contributed by atoms with E-state index in [0.717, 1.165) is 12.1 Å². The second-order valence-corrected chi connectivity index (χ2v) is 6.08. The Hall–Kier alpha value is -3.19. The molecule has 1 aromatic rings. The van der Waals surface area contributed by atoms with Crippen molar-refractivity contribution in [2.45, 2.75) is 24.6 Å². The van der Waals surface area contributed by atoms with Crippen LogP contribution in [0.4, 0.5) is 13.2 Å². The number of hydrogen-bond donors (Lipinski definition) is 2. The largest absolute Gasteiger partial charge is 0.416 e. The van der Waals surface area contributed by atoms with E-state index in [4.69, 9.17) is 5.73 Å². The molecule has 2 heterocycles. The summed E-state index contributed by atoms with van der Waals surface area (Å²) >= 11 is 0. The number of nitrogens with two attached hydrogens (primary N) is 1. The molecule has 3 unspecified atom stereocenters. The number of halogens is 3. The van der Waals surface area contributed by atoms with E-state index in [0.29, 0.717) is 6.07 Å². The maximum Gasteiger partial charge on any atom is 0.416 e. The number of carbonyl (C=O) groups excluding carboxylic acids is 4. The number of aliphatic hydroxyl groups is 1. The summed E-state index contributed by atoms with van der Waals surface area (Å²) in [7, 11) is 0. The zero-order valence-corrected chi connectivity index (χ0v) is 13.7. The van der Waals surface area contributed by atoms with Crippen molar-refractivity contribution in [3.05, 3.63) is 35.4 Å². The zero-order chi connectivity index (χ0) is 20.9. The fraction of sp³-hybridized carbons (Fsp3) is 0.333. The van der Waals surface area contributed by atoms with Crippen LogP contribution in [0.15, 0.2) is 24.3 Å².